The molecule has 1 heterocycles. The lowest BCUT2D eigenvalue weighted by Gasteiger charge is -2.22. The quantitative estimate of drug-likeness (QED) is 0.575. The smallest absolute Gasteiger partial charge is 0.260 e. The lowest BCUT2D eigenvalue weighted by atomic mass is 10.2. The molecule has 2 aromatic carbocycles. The van der Waals surface area contributed by atoms with E-state index in [9.17, 15) is 18.5 Å². The first kappa shape index (κ1) is 18.4. The van der Waals surface area contributed by atoms with Crippen LogP contribution in [0, 0.1) is 10.1 Å². The van der Waals surface area contributed by atoms with Gasteiger partial charge in [-0.1, -0.05) is 42.1 Å². The maximum Gasteiger partial charge on any atom is 0.269 e. The molecule has 0 N–H and O–H groups in total. The Kier molecular flexibility index (Phi) is 5.28. The van der Waals surface area contributed by atoms with Gasteiger partial charge in [0.2, 0.25) is 0 Å². The van der Waals surface area contributed by atoms with E-state index in [0.717, 1.165) is 5.56 Å². The third kappa shape index (κ3) is 3.73. The molecule has 0 saturated carbocycles. The minimum absolute atomic E-state index is 0.0191. The van der Waals surface area contributed by atoms with Crippen LogP contribution in [0.1, 0.15) is 17.7 Å². The van der Waals surface area contributed by atoms with Gasteiger partial charge in [0.25, 0.3) is 15.7 Å². The van der Waals surface area contributed by atoms with Crippen LogP contribution in [0.4, 0.5) is 5.69 Å². The molecule has 1 aliphatic heterocycles. The van der Waals surface area contributed by atoms with E-state index in [0.29, 0.717) is 11.7 Å². The summed E-state index contributed by atoms with van der Waals surface area (Å²) in [7, 11) is -3.80. The van der Waals surface area contributed by atoms with Crippen LogP contribution in [0.3, 0.4) is 0 Å². The van der Waals surface area contributed by atoms with E-state index >= 15 is 0 Å². The first-order valence-corrected chi connectivity index (χ1v) is 10.2. The van der Waals surface area contributed by atoms with Crippen molar-refractivity contribution in [2.24, 2.45) is 4.99 Å². The highest BCUT2D eigenvalue weighted by Crippen LogP contribution is 2.34. The summed E-state index contributed by atoms with van der Waals surface area (Å²) in [5.41, 5.74) is 0.936. The van der Waals surface area contributed by atoms with Crippen LogP contribution < -0.4 is 0 Å². The highest BCUT2D eigenvalue weighted by molar-refractivity contribution is 8.15. The van der Waals surface area contributed by atoms with Gasteiger partial charge in [0.05, 0.1) is 22.9 Å². The second-order valence-corrected chi connectivity index (χ2v) is 8.83. The molecular formula is C17H17N3O4S2. The van der Waals surface area contributed by atoms with Gasteiger partial charge >= 0.3 is 0 Å². The fraction of sp³-hybridized carbons (Fsp3) is 0.235. The normalized spacial score (nSPS) is 15.6. The molecule has 136 valence electrons. The Bertz CT molecular complexity index is 928. The fourth-order valence-corrected chi connectivity index (χ4v) is 5.27. The monoisotopic (exact) mass is 391 g/mol. The van der Waals surface area contributed by atoms with Gasteiger partial charge in [0, 0.05) is 17.4 Å². The number of aliphatic imine (C=N–C) groups is 1. The summed E-state index contributed by atoms with van der Waals surface area (Å²) >= 11 is 1.39. The first-order valence-electron chi connectivity index (χ1n) is 7.93. The Morgan fingerprint density at radius 3 is 2.42 bits per heavy atom. The van der Waals surface area contributed by atoms with Crippen LogP contribution in [0.2, 0.25) is 0 Å². The van der Waals surface area contributed by atoms with E-state index < -0.39 is 14.9 Å². The van der Waals surface area contributed by atoms with Crippen molar-refractivity contribution >= 4 is 32.6 Å². The van der Waals surface area contributed by atoms with Crippen molar-refractivity contribution in [3.8, 4) is 0 Å². The van der Waals surface area contributed by atoms with Crippen molar-refractivity contribution in [1.82, 2.24) is 4.31 Å². The molecule has 0 bridgehead atoms. The number of thioether (sulfide) groups is 1. The molecule has 9 heteroatoms. The molecule has 1 aliphatic rings. The van der Waals surface area contributed by atoms with Gasteiger partial charge in [-0.15, -0.1) is 0 Å². The molecule has 0 saturated heterocycles. The fourth-order valence-electron chi connectivity index (χ4n) is 2.55. The Balaban J connectivity index is 1.81. The molecule has 0 unspecified atom stereocenters. The van der Waals surface area contributed by atoms with Gasteiger partial charge in [-0.3, -0.25) is 15.1 Å². The van der Waals surface area contributed by atoms with Crippen LogP contribution in [0.15, 0.2) is 64.5 Å². The zero-order valence-corrected chi connectivity index (χ0v) is 15.6. The Morgan fingerprint density at radius 1 is 1.15 bits per heavy atom. The topological polar surface area (TPSA) is 92.9 Å². The number of amidine groups is 1. The van der Waals surface area contributed by atoms with Gasteiger partial charge in [0.1, 0.15) is 0 Å². The molecular weight excluding hydrogens is 374 g/mol. The van der Waals surface area contributed by atoms with E-state index in [-0.39, 0.29) is 22.4 Å². The van der Waals surface area contributed by atoms with Crippen LogP contribution in [0.25, 0.3) is 0 Å². The van der Waals surface area contributed by atoms with E-state index in [1.807, 2.05) is 37.3 Å². The van der Waals surface area contributed by atoms with E-state index in [4.69, 9.17) is 0 Å². The van der Waals surface area contributed by atoms with Crippen molar-refractivity contribution in [3.63, 3.8) is 0 Å². The third-order valence-electron chi connectivity index (χ3n) is 3.95. The Labute approximate surface area is 155 Å². The van der Waals surface area contributed by atoms with E-state index in [1.54, 1.807) is 0 Å². The SMILES string of the molecule is C[C@H](SC1=NCCN1S(=O)(=O)c1ccc([N+](=O)[O-])cc1)c1ccccc1. The van der Waals surface area contributed by atoms with Crippen molar-refractivity contribution in [1.29, 1.82) is 0 Å². The summed E-state index contributed by atoms with van der Waals surface area (Å²) in [6.45, 7) is 2.66. The third-order valence-corrected chi connectivity index (χ3v) is 7.06. The number of nitrogens with zero attached hydrogens (tertiary/aromatic N) is 3. The molecule has 0 aliphatic carbocycles. The summed E-state index contributed by atoms with van der Waals surface area (Å²) < 4.78 is 27.1. The van der Waals surface area contributed by atoms with Crippen molar-refractivity contribution in [2.45, 2.75) is 17.1 Å². The molecule has 26 heavy (non-hydrogen) atoms. The molecule has 1 atom stereocenters. The summed E-state index contributed by atoms with van der Waals surface area (Å²) in [6, 6.07) is 14.7. The lowest BCUT2D eigenvalue weighted by Crippen LogP contribution is -2.33. The summed E-state index contributed by atoms with van der Waals surface area (Å²) in [6.07, 6.45) is 0. The molecule has 7 nitrogen and oxygen atoms in total. The van der Waals surface area contributed by atoms with Crippen molar-refractivity contribution in [3.05, 3.63) is 70.3 Å². The van der Waals surface area contributed by atoms with Crippen LogP contribution >= 0.6 is 11.8 Å². The number of rotatable bonds is 5. The molecule has 0 fully saturated rings. The van der Waals surface area contributed by atoms with Gasteiger partial charge < -0.3 is 0 Å². The molecule has 3 rings (SSSR count). The zero-order valence-electron chi connectivity index (χ0n) is 14.0. The maximum atomic E-state index is 12.9. The average molecular weight is 391 g/mol. The van der Waals surface area contributed by atoms with E-state index in [2.05, 4.69) is 4.99 Å². The van der Waals surface area contributed by atoms with Crippen molar-refractivity contribution < 1.29 is 13.3 Å². The number of hydrogen-bond donors (Lipinski definition) is 0. The zero-order chi connectivity index (χ0) is 18.7. The lowest BCUT2D eigenvalue weighted by molar-refractivity contribution is -0.384. The maximum absolute atomic E-state index is 12.9. The van der Waals surface area contributed by atoms with Crippen LogP contribution in [-0.2, 0) is 10.0 Å². The summed E-state index contributed by atoms with van der Waals surface area (Å²) in [5.74, 6) is 0. The predicted octanol–water partition coefficient (Wildman–Crippen LogP) is 3.45. The van der Waals surface area contributed by atoms with Gasteiger partial charge in [-0.25, -0.2) is 12.7 Å². The number of benzene rings is 2. The Morgan fingerprint density at radius 2 is 1.81 bits per heavy atom. The minimum atomic E-state index is -3.80. The largest absolute Gasteiger partial charge is 0.269 e. The molecule has 0 radical (unpaired) electrons. The standard InChI is InChI=1S/C17H17N3O4S2/c1-13(14-5-3-2-4-6-14)25-17-18-11-12-19(17)26(23,24)16-9-7-15(8-10-16)20(21)22/h2-10,13H,11-12H2,1H3/t13-/m0/s1. The number of nitro benzene ring substituents is 1. The van der Waals surface area contributed by atoms with Gasteiger partial charge in [-0.05, 0) is 24.6 Å². The minimum Gasteiger partial charge on any atom is -0.260 e. The second-order valence-electron chi connectivity index (χ2n) is 5.66. The van der Waals surface area contributed by atoms with Crippen LogP contribution in [-0.4, -0.2) is 35.9 Å². The van der Waals surface area contributed by atoms with Gasteiger partial charge in [0.15, 0.2) is 5.17 Å². The molecule has 0 amide bonds. The number of hydrogen-bond acceptors (Lipinski definition) is 6. The summed E-state index contributed by atoms with van der Waals surface area (Å²) in [4.78, 5) is 14.5. The molecule has 0 aromatic heterocycles. The molecule has 2 aromatic rings. The predicted molar refractivity (Wildman–Crippen MR) is 102 cm³/mol. The number of nitro groups is 1. The highest BCUT2D eigenvalue weighted by atomic mass is 32.2. The van der Waals surface area contributed by atoms with Crippen molar-refractivity contribution in [2.75, 3.05) is 13.1 Å². The summed E-state index contributed by atoms with van der Waals surface area (Å²) in [5, 5.41) is 11.2. The van der Waals surface area contributed by atoms with Gasteiger partial charge in [-0.2, -0.15) is 0 Å². The van der Waals surface area contributed by atoms with E-state index in [1.165, 1.54) is 40.3 Å². The second kappa shape index (κ2) is 7.46. The first-order chi connectivity index (χ1) is 12.4. The number of sulfonamides is 1. The number of non-ortho nitro benzene ring substituents is 1. The van der Waals surface area contributed by atoms with Crippen LogP contribution in [0.5, 0.6) is 0 Å². The molecule has 0 spiro atoms. The highest BCUT2D eigenvalue weighted by Gasteiger charge is 2.32. The Hall–Kier alpha value is -2.39. The average Bonchev–Trinajstić information content (AvgIpc) is 3.11.